The summed E-state index contributed by atoms with van der Waals surface area (Å²) in [6.07, 6.45) is 0.824. The fourth-order valence-corrected chi connectivity index (χ4v) is 6.88. The van der Waals surface area contributed by atoms with Crippen LogP contribution in [0.15, 0.2) is 84.9 Å². The second kappa shape index (κ2) is 18.8. The Bertz CT molecular complexity index is 1660. The summed E-state index contributed by atoms with van der Waals surface area (Å²) in [7, 11) is 0. The van der Waals surface area contributed by atoms with Crippen molar-refractivity contribution in [2.45, 2.75) is 97.9 Å². The highest BCUT2D eigenvalue weighted by atomic mass is 16.3. The van der Waals surface area contributed by atoms with Crippen LogP contribution in [0.1, 0.15) is 71.9 Å². The molecule has 0 spiro atoms. The lowest BCUT2D eigenvalue weighted by Gasteiger charge is -2.30. The molecule has 8 nitrogen and oxygen atoms in total. The Hall–Kier alpha value is -4.27. The third kappa shape index (κ3) is 10.9. The van der Waals surface area contributed by atoms with E-state index in [0.717, 1.165) is 39.1 Å². The molecule has 0 saturated carbocycles. The Labute approximate surface area is 303 Å². The Kier molecular flexibility index (Phi) is 14.6. The van der Waals surface area contributed by atoms with Gasteiger partial charge in [0.2, 0.25) is 17.7 Å². The molecular weight excluding hydrogens is 638 g/mol. The van der Waals surface area contributed by atoms with E-state index in [4.69, 9.17) is 0 Å². The average Bonchev–Trinajstić information content (AvgIpc) is 3.11. The van der Waals surface area contributed by atoms with Crippen molar-refractivity contribution in [1.82, 2.24) is 16.0 Å². The zero-order chi connectivity index (χ0) is 37.1. The first-order valence-corrected chi connectivity index (χ1v) is 18.5. The van der Waals surface area contributed by atoms with E-state index < -0.39 is 36.1 Å². The summed E-state index contributed by atoms with van der Waals surface area (Å²) in [5.74, 6) is -1.52. The van der Waals surface area contributed by atoms with Crippen LogP contribution in [0.4, 0.5) is 0 Å². The van der Waals surface area contributed by atoms with E-state index >= 15 is 0 Å². The van der Waals surface area contributed by atoms with E-state index in [1.807, 2.05) is 77.9 Å². The van der Waals surface area contributed by atoms with Crippen LogP contribution in [0.3, 0.4) is 0 Å². The van der Waals surface area contributed by atoms with Gasteiger partial charge in [-0.25, -0.2) is 0 Å². The highest BCUT2D eigenvalue weighted by Gasteiger charge is 2.33. The Morgan fingerprint density at radius 1 is 0.667 bits per heavy atom. The quantitative estimate of drug-likeness (QED) is 0.0831. The van der Waals surface area contributed by atoms with E-state index in [-0.39, 0.29) is 42.6 Å². The van der Waals surface area contributed by atoms with E-state index in [1.54, 1.807) is 0 Å². The summed E-state index contributed by atoms with van der Waals surface area (Å²) in [6, 6.07) is 26.7. The van der Waals surface area contributed by atoms with Gasteiger partial charge < -0.3 is 26.2 Å². The van der Waals surface area contributed by atoms with E-state index in [1.165, 1.54) is 0 Å². The van der Waals surface area contributed by atoms with Gasteiger partial charge in [0.25, 0.3) is 0 Å². The summed E-state index contributed by atoms with van der Waals surface area (Å²) >= 11 is 0. The van der Waals surface area contributed by atoms with Crippen molar-refractivity contribution in [3.8, 4) is 0 Å². The minimum absolute atomic E-state index is 0.0720. The number of nitrogens with one attached hydrogen (secondary N) is 3. The predicted molar refractivity (Wildman–Crippen MR) is 206 cm³/mol. The lowest BCUT2D eigenvalue weighted by molar-refractivity contribution is -0.133. The molecule has 4 rings (SSSR count). The van der Waals surface area contributed by atoms with Crippen LogP contribution in [0.2, 0.25) is 0 Å². The maximum atomic E-state index is 14.4. The third-order valence-corrected chi connectivity index (χ3v) is 10.1. The van der Waals surface area contributed by atoms with E-state index in [9.17, 15) is 24.6 Å². The smallest absolute Gasteiger partial charge is 0.243 e. The number of amides is 3. The monoisotopic (exact) mass is 695 g/mol. The van der Waals surface area contributed by atoms with Crippen molar-refractivity contribution < 1.29 is 24.6 Å². The first kappa shape index (κ1) is 39.5. The SMILES string of the molecule is CC[C@H](C)[C@@H](CO)NC(=O)C[C@H](O)[C@H](CC(C)C)NC(=O)[C@@H](NC(=O)C(Cc1cccc2ccccc12)Cc1cccc2ccccc12)C(C)C. The molecule has 5 atom stereocenters. The highest BCUT2D eigenvalue weighted by molar-refractivity contribution is 5.91. The van der Waals surface area contributed by atoms with Crippen LogP contribution < -0.4 is 16.0 Å². The first-order chi connectivity index (χ1) is 24.4. The molecule has 0 aliphatic rings. The number of aliphatic hydroxyl groups excluding tert-OH is 2. The number of rotatable bonds is 18. The standard InChI is InChI=1S/C43H57N3O5/c1-7-29(6)38(26-47)44-40(49)25-39(48)37(22-27(2)3)45-43(51)41(28(4)5)46-42(50)34(23-32-18-12-16-30-14-8-10-20-35(30)32)24-33-19-13-17-31-15-9-11-21-36(31)33/h8-21,27-29,34,37-39,41,47-48H,7,22-26H2,1-6H3,(H,44,49)(H,45,51)(H,46,50)/t29-,37-,38+,39-,41-/m0/s1. The number of carbonyl (C=O) groups is 3. The van der Waals surface area contributed by atoms with Gasteiger partial charge in [-0.2, -0.15) is 0 Å². The Morgan fingerprint density at radius 2 is 1.20 bits per heavy atom. The van der Waals surface area contributed by atoms with Gasteiger partial charge in [-0.05, 0) is 69.7 Å². The fourth-order valence-electron chi connectivity index (χ4n) is 6.88. The second-order valence-electron chi connectivity index (χ2n) is 14.9. The van der Waals surface area contributed by atoms with Gasteiger partial charge in [0.1, 0.15) is 6.04 Å². The number of hydrogen-bond donors (Lipinski definition) is 5. The van der Waals surface area contributed by atoms with Crippen molar-refractivity contribution in [3.05, 3.63) is 96.1 Å². The van der Waals surface area contributed by atoms with Crippen LogP contribution in [-0.4, -0.2) is 58.8 Å². The maximum absolute atomic E-state index is 14.4. The molecule has 0 aromatic heterocycles. The third-order valence-electron chi connectivity index (χ3n) is 10.1. The van der Waals surface area contributed by atoms with E-state index in [0.29, 0.717) is 19.3 Å². The lowest BCUT2D eigenvalue weighted by atomic mass is 9.87. The van der Waals surface area contributed by atoms with Gasteiger partial charge in [-0.15, -0.1) is 0 Å². The number of fused-ring (bicyclic) bond motifs is 2. The second-order valence-corrected chi connectivity index (χ2v) is 14.9. The highest BCUT2D eigenvalue weighted by Crippen LogP contribution is 2.27. The van der Waals surface area contributed by atoms with Crippen molar-refractivity contribution in [3.63, 3.8) is 0 Å². The molecule has 0 aliphatic carbocycles. The first-order valence-electron chi connectivity index (χ1n) is 18.5. The molecule has 0 unspecified atom stereocenters. The van der Waals surface area contributed by atoms with Crippen LogP contribution in [0, 0.1) is 23.7 Å². The van der Waals surface area contributed by atoms with Crippen molar-refractivity contribution in [2.24, 2.45) is 23.7 Å². The summed E-state index contributed by atoms with van der Waals surface area (Å²) in [4.78, 5) is 41.2. The minimum atomic E-state index is -1.15. The van der Waals surface area contributed by atoms with Crippen molar-refractivity contribution in [2.75, 3.05) is 6.61 Å². The summed E-state index contributed by atoms with van der Waals surface area (Å²) in [5.41, 5.74) is 2.13. The molecule has 0 heterocycles. The molecule has 3 amide bonds. The minimum Gasteiger partial charge on any atom is -0.394 e. The van der Waals surface area contributed by atoms with Gasteiger partial charge in [-0.3, -0.25) is 14.4 Å². The van der Waals surface area contributed by atoms with Gasteiger partial charge in [0, 0.05) is 5.92 Å². The summed E-state index contributed by atoms with van der Waals surface area (Å²) in [5, 5.41) is 34.3. The van der Waals surface area contributed by atoms with Gasteiger partial charge in [0.05, 0.1) is 31.2 Å². The molecule has 0 fully saturated rings. The molecule has 51 heavy (non-hydrogen) atoms. The van der Waals surface area contributed by atoms with Crippen LogP contribution >= 0.6 is 0 Å². The molecule has 5 N–H and O–H groups in total. The topological polar surface area (TPSA) is 128 Å². The molecule has 0 aliphatic heterocycles. The molecular formula is C43H57N3O5. The number of hydrogen-bond acceptors (Lipinski definition) is 5. The largest absolute Gasteiger partial charge is 0.394 e. The van der Waals surface area contributed by atoms with Gasteiger partial charge >= 0.3 is 0 Å². The van der Waals surface area contributed by atoms with Crippen LogP contribution in [0.25, 0.3) is 21.5 Å². The molecule has 8 heteroatoms. The predicted octanol–water partition coefficient (Wildman–Crippen LogP) is 6.34. The summed E-state index contributed by atoms with van der Waals surface area (Å²) in [6.45, 7) is 11.5. The summed E-state index contributed by atoms with van der Waals surface area (Å²) < 4.78 is 0. The van der Waals surface area contributed by atoms with Crippen molar-refractivity contribution in [1.29, 1.82) is 0 Å². The maximum Gasteiger partial charge on any atom is 0.243 e. The van der Waals surface area contributed by atoms with Gasteiger partial charge in [-0.1, -0.05) is 133 Å². The van der Waals surface area contributed by atoms with Crippen molar-refractivity contribution >= 4 is 39.3 Å². The van der Waals surface area contributed by atoms with Gasteiger partial charge in [0.15, 0.2) is 0 Å². The van der Waals surface area contributed by atoms with E-state index in [2.05, 4.69) is 64.5 Å². The normalized spacial score (nSPS) is 14.7. The molecule has 4 aromatic rings. The Balaban J connectivity index is 1.56. The zero-order valence-electron chi connectivity index (χ0n) is 31.1. The zero-order valence-corrected chi connectivity index (χ0v) is 31.1. The molecule has 0 saturated heterocycles. The number of benzene rings is 4. The van der Waals surface area contributed by atoms with Crippen LogP contribution in [-0.2, 0) is 27.2 Å². The fraction of sp³-hybridized carbons (Fsp3) is 0.465. The average molecular weight is 696 g/mol. The molecule has 4 aromatic carbocycles. The molecule has 274 valence electrons. The number of aliphatic hydroxyl groups is 2. The molecule has 0 bridgehead atoms. The van der Waals surface area contributed by atoms with Crippen LogP contribution in [0.5, 0.6) is 0 Å². The Morgan fingerprint density at radius 3 is 1.69 bits per heavy atom. The number of carbonyl (C=O) groups excluding carboxylic acids is 3. The molecule has 0 radical (unpaired) electrons. The lowest BCUT2D eigenvalue weighted by Crippen LogP contribution is -2.56.